The minimum absolute atomic E-state index is 0.271. The van der Waals surface area contributed by atoms with E-state index in [-0.39, 0.29) is 6.79 Å². The van der Waals surface area contributed by atoms with Crippen LogP contribution >= 0.6 is 0 Å². The highest BCUT2D eigenvalue weighted by atomic mass is 16.7. The molecule has 0 bridgehead atoms. The van der Waals surface area contributed by atoms with Crippen molar-refractivity contribution in [2.45, 2.75) is 6.54 Å². The molecule has 0 aliphatic carbocycles. The fourth-order valence-electron chi connectivity index (χ4n) is 1.90. The average molecular weight is 258 g/mol. The van der Waals surface area contributed by atoms with Gasteiger partial charge in [0.25, 0.3) is 0 Å². The van der Waals surface area contributed by atoms with E-state index in [1.165, 1.54) is 0 Å². The SMILES string of the molecule is CN(c1ccc2c(c1)OCO2)c1ccnc(CN)n1. The molecule has 1 aromatic carbocycles. The molecule has 1 aliphatic heterocycles. The number of ether oxygens (including phenoxy) is 2. The number of hydrogen-bond donors (Lipinski definition) is 1. The van der Waals surface area contributed by atoms with Gasteiger partial charge < -0.3 is 20.1 Å². The predicted molar refractivity (Wildman–Crippen MR) is 70.6 cm³/mol. The van der Waals surface area contributed by atoms with Crippen molar-refractivity contribution in [1.29, 1.82) is 0 Å². The molecule has 0 fully saturated rings. The van der Waals surface area contributed by atoms with Crippen molar-refractivity contribution in [2.24, 2.45) is 5.73 Å². The highest BCUT2D eigenvalue weighted by Gasteiger charge is 2.15. The quantitative estimate of drug-likeness (QED) is 0.897. The number of benzene rings is 1. The molecule has 2 heterocycles. The zero-order valence-corrected chi connectivity index (χ0v) is 10.5. The first-order valence-electron chi connectivity index (χ1n) is 5.93. The van der Waals surface area contributed by atoms with Crippen molar-refractivity contribution in [1.82, 2.24) is 9.97 Å². The Labute approximate surface area is 110 Å². The van der Waals surface area contributed by atoms with Crippen LogP contribution in [0.1, 0.15) is 5.82 Å². The first-order chi connectivity index (χ1) is 9.28. The topological polar surface area (TPSA) is 73.5 Å². The third kappa shape index (κ3) is 2.17. The van der Waals surface area contributed by atoms with Crippen LogP contribution in [-0.2, 0) is 6.54 Å². The third-order valence-corrected chi connectivity index (χ3v) is 2.96. The molecule has 1 aliphatic rings. The second kappa shape index (κ2) is 4.74. The summed E-state index contributed by atoms with van der Waals surface area (Å²) in [6, 6.07) is 7.60. The summed E-state index contributed by atoms with van der Waals surface area (Å²) in [4.78, 5) is 10.4. The first kappa shape index (κ1) is 11.7. The van der Waals surface area contributed by atoms with Gasteiger partial charge in [0.2, 0.25) is 6.79 Å². The number of hydrogen-bond acceptors (Lipinski definition) is 6. The molecule has 0 amide bonds. The summed E-state index contributed by atoms with van der Waals surface area (Å²) in [5.74, 6) is 2.92. The summed E-state index contributed by atoms with van der Waals surface area (Å²) in [7, 11) is 1.93. The highest BCUT2D eigenvalue weighted by Crippen LogP contribution is 2.36. The van der Waals surface area contributed by atoms with Gasteiger partial charge in [0.05, 0.1) is 6.54 Å². The fraction of sp³-hybridized carbons (Fsp3) is 0.231. The minimum Gasteiger partial charge on any atom is -0.454 e. The molecule has 0 saturated carbocycles. The van der Waals surface area contributed by atoms with Crippen LogP contribution in [0.25, 0.3) is 0 Å². The van der Waals surface area contributed by atoms with E-state index in [0.29, 0.717) is 12.4 Å². The van der Waals surface area contributed by atoms with Crippen LogP contribution in [0.15, 0.2) is 30.5 Å². The lowest BCUT2D eigenvalue weighted by atomic mass is 10.2. The number of aromatic nitrogens is 2. The van der Waals surface area contributed by atoms with Gasteiger partial charge in [0, 0.05) is 25.0 Å². The Bertz CT molecular complexity index is 603. The van der Waals surface area contributed by atoms with Gasteiger partial charge >= 0.3 is 0 Å². The smallest absolute Gasteiger partial charge is 0.231 e. The van der Waals surface area contributed by atoms with E-state index in [4.69, 9.17) is 15.2 Å². The van der Waals surface area contributed by atoms with Crippen molar-refractivity contribution in [3.63, 3.8) is 0 Å². The molecule has 0 saturated heterocycles. The number of nitrogens with zero attached hydrogens (tertiary/aromatic N) is 3. The lowest BCUT2D eigenvalue weighted by Gasteiger charge is -2.18. The third-order valence-electron chi connectivity index (χ3n) is 2.96. The predicted octanol–water partition coefficient (Wildman–Crippen LogP) is 1.43. The van der Waals surface area contributed by atoms with E-state index in [2.05, 4.69) is 9.97 Å². The maximum atomic E-state index is 5.55. The number of anilines is 2. The summed E-state index contributed by atoms with van der Waals surface area (Å²) in [5.41, 5.74) is 6.52. The Morgan fingerprint density at radius 1 is 1.26 bits per heavy atom. The Balaban J connectivity index is 1.92. The molecule has 6 heteroatoms. The minimum atomic E-state index is 0.271. The largest absolute Gasteiger partial charge is 0.454 e. The Kier molecular flexibility index (Phi) is 2.92. The molecule has 3 rings (SSSR count). The van der Waals surface area contributed by atoms with Crippen molar-refractivity contribution in [3.8, 4) is 11.5 Å². The Hall–Kier alpha value is -2.34. The lowest BCUT2D eigenvalue weighted by Crippen LogP contribution is -2.13. The van der Waals surface area contributed by atoms with Crippen LogP contribution in [0.3, 0.4) is 0 Å². The molecule has 1 aromatic heterocycles. The molecule has 0 radical (unpaired) electrons. The van der Waals surface area contributed by atoms with Crippen LogP contribution in [0.2, 0.25) is 0 Å². The average Bonchev–Trinajstić information content (AvgIpc) is 2.94. The van der Waals surface area contributed by atoms with Crippen molar-refractivity contribution in [2.75, 3.05) is 18.7 Å². The molecule has 19 heavy (non-hydrogen) atoms. The highest BCUT2D eigenvalue weighted by molar-refractivity contribution is 5.63. The zero-order chi connectivity index (χ0) is 13.2. The molecule has 2 N–H and O–H groups in total. The van der Waals surface area contributed by atoms with Gasteiger partial charge in [-0.1, -0.05) is 0 Å². The summed E-state index contributed by atoms with van der Waals surface area (Å²) in [5, 5.41) is 0. The van der Waals surface area contributed by atoms with Gasteiger partial charge in [0.1, 0.15) is 11.6 Å². The van der Waals surface area contributed by atoms with Gasteiger partial charge in [-0.3, -0.25) is 0 Å². The summed E-state index contributed by atoms with van der Waals surface area (Å²) in [6.07, 6.45) is 1.70. The van der Waals surface area contributed by atoms with Crippen LogP contribution < -0.4 is 20.1 Å². The standard InChI is InChI=1S/C13H14N4O2/c1-17(13-4-5-15-12(7-14)16-13)9-2-3-10-11(6-9)19-8-18-10/h2-6H,7-8,14H2,1H3. The summed E-state index contributed by atoms with van der Waals surface area (Å²) in [6.45, 7) is 0.593. The molecule has 0 unspecified atom stereocenters. The number of nitrogens with two attached hydrogens (primary N) is 1. The van der Waals surface area contributed by atoms with Crippen molar-refractivity contribution < 1.29 is 9.47 Å². The molecular weight excluding hydrogens is 244 g/mol. The first-order valence-corrected chi connectivity index (χ1v) is 5.93. The normalized spacial score (nSPS) is 12.5. The van der Waals surface area contributed by atoms with Crippen LogP contribution in [-0.4, -0.2) is 23.8 Å². The second-order valence-electron chi connectivity index (χ2n) is 4.13. The van der Waals surface area contributed by atoms with Gasteiger partial charge in [-0.25, -0.2) is 9.97 Å². The molecule has 6 nitrogen and oxygen atoms in total. The molecule has 0 spiro atoms. The van der Waals surface area contributed by atoms with Gasteiger partial charge in [-0.15, -0.1) is 0 Å². The van der Waals surface area contributed by atoms with Crippen molar-refractivity contribution >= 4 is 11.5 Å². The Morgan fingerprint density at radius 2 is 2.11 bits per heavy atom. The Morgan fingerprint density at radius 3 is 2.95 bits per heavy atom. The zero-order valence-electron chi connectivity index (χ0n) is 10.5. The van der Waals surface area contributed by atoms with Gasteiger partial charge in [0.15, 0.2) is 11.5 Å². The van der Waals surface area contributed by atoms with Gasteiger partial charge in [-0.05, 0) is 18.2 Å². The number of fused-ring (bicyclic) bond motifs is 1. The van der Waals surface area contributed by atoms with E-state index < -0.39 is 0 Å². The monoisotopic (exact) mass is 258 g/mol. The maximum Gasteiger partial charge on any atom is 0.231 e. The summed E-state index contributed by atoms with van der Waals surface area (Å²) >= 11 is 0. The van der Waals surface area contributed by atoms with E-state index in [1.807, 2.05) is 36.2 Å². The fourth-order valence-corrected chi connectivity index (χ4v) is 1.90. The summed E-state index contributed by atoms with van der Waals surface area (Å²) < 4.78 is 10.7. The van der Waals surface area contributed by atoms with Crippen LogP contribution in [0.5, 0.6) is 11.5 Å². The molecule has 98 valence electrons. The number of rotatable bonds is 3. The van der Waals surface area contributed by atoms with E-state index in [0.717, 1.165) is 23.0 Å². The molecule has 0 atom stereocenters. The lowest BCUT2D eigenvalue weighted by molar-refractivity contribution is 0.174. The van der Waals surface area contributed by atoms with Gasteiger partial charge in [-0.2, -0.15) is 0 Å². The molecular formula is C13H14N4O2. The van der Waals surface area contributed by atoms with E-state index in [9.17, 15) is 0 Å². The van der Waals surface area contributed by atoms with Crippen LogP contribution in [0, 0.1) is 0 Å². The van der Waals surface area contributed by atoms with Crippen LogP contribution in [0.4, 0.5) is 11.5 Å². The van der Waals surface area contributed by atoms with E-state index in [1.54, 1.807) is 6.20 Å². The van der Waals surface area contributed by atoms with Crippen molar-refractivity contribution in [3.05, 3.63) is 36.3 Å². The maximum absolute atomic E-state index is 5.55. The second-order valence-corrected chi connectivity index (χ2v) is 4.13. The molecule has 2 aromatic rings. The van der Waals surface area contributed by atoms with E-state index >= 15 is 0 Å².